The molecule has 1 aromatic heterocycles. The third kappa shape index (κ3) is 4.38. The number of benzene rings is 1. The Balaban J connectivity index is 2.06. The smallest absolute Gasteiger partial charge is 0.295 e. The van der Waals surface area contributed by atoms with Crippen molar-refractivity contribution < 1.29 is 14.7 Å². The normalized spacial score (nSPS) is 18.6. The quantitative estimate of drug-likeness (QED) is 0.445. The van der Waals surface area contributed by atoms with Crippen molar-refractivity contribution in [3.05, 3.63) is 71.1 Å². The van der Waals surface area contributed by atoms with Crippen LogP contribution in [0.1, 0.15) is 36.1 Å². The van der Waals surface area contributed by atoms with E-state index in [9.17, 15) is 14.7 Å². The van der Waals surface area contributed by atoms with Gasteiger partial charge in [0.15, 0.2) is 0 Å². The van der Waals surface area contributed by atoms with Crippen molar-refractivity contribution in [2.45, 2.75) is 25.8 Å². The Morgan fingerprint density at radius 3 is 2.34 bits per heavy atom. The number of aryl methyl sites for hydroxylation is 1. The molecule has 2 heterocycles. The molecule has 6 heteroatoms. The highest BCUT2D eigenvalue weighted by Crippen LogP contribution is 2.39. The molecule has 6 nitrogen and oxygen atoms in total. The van der Waals surface area contributed by atoms with E-state index in [-0.39, 0.29) is 11.3 Å². The molecule has 3 rings (SSSR count). The molecule has 0 aliphatic carbocycles. The number of aliphatic hydroxyl groups excluding tert-OH is 1. The van der Waals surface area contributed by atoms with Gasteiger partial charge in [0.05, 0.1) is 11.6 Å². The van der Waals surface area contributed by atoms with E-state index < -0.39 is 17.7 Å². The van der Waals surface area contributed by atoms with Crippen LogP contribution >= 0.6 is 0 Å². The molecule has 0 spiro atoms. The molecule has 0 bridgehead atoms. The lowest BCUT2D eigenvalue weighted by Gasteiger charge is -2.26. The van der Waals surface area contributed by atoms with Crippen LogP contribution in [0.25, 0.3) is 5.76 Å². The first-order valence-electron chi connectivity index (χ1n) is 9.86. The van der Waals surface area contributed by atoms with Gasteiger partial charge >= 0.3 is 0 Å². The molecule has 1 aliphatic rings. The number of aliphatic hydroxyl groups is 1. The van der Waals surface area contributed by atoms with E-state index in [0.717, 1.165) is 24.9 Å². The van der Waals surface area contributed by atoms with Crippen LogP contribution in [0, 0.1) is 0 Å². The summed E-state index contributed by atoms with van der Waals surface area (Å²) in [6.07, 6.45) is 4.74. The lowest BCUT2D eigenvalue weighted by atomic mass is 9.94. The van der Waals surface area contributed by atoms with Crippen LogP contribution in [0.5, 0.6) is 0 Å². The molecule has 1 unspecified atom stereocenters. The van der Waals surface area contributed by atoms with Gasteiger partial charge in [-0.15, -0.1) is 0 Å². The predicted octanol–water partition coefficient (Wildman–Crippen LogP) is 3.02. The second-order valence-corrected chi connectivity index (χ2v) is 7.48. The Hall–Kier alpha value is -2.99. The van der Waals surface area contributed by atoms with Crippen LogP contribution < -0.4 is 0 Å². The maximum atomic E-state index is 12.9. The minimum absolute atomic E-state index is 0.135. The van der Waals surface area contributed by atoms with Crippen molar-refractivity contribution >= 4 is 17.4 Å². The molecule has 1 amide bonds. The zero-order valence-corrected chi connectivity index (χ0v) is 17.1. The summed E-state index contributed by atoms with van der Waals surface area (Å²) in [5.74, 6) is -1.37. The highest BCUT2D eigenvalue weighted by Gasteiger charge is 2.45. The van der Waals surface area contributed by atoms with Gasteiger partial charge < -0.3 is 14.9 Å². The van der Waals surface area contributed by atoms with Gasteiger partial charge in [-0.1, -0.05) is 31.2 Å². The number of hydrogen-bond acceptors (Lipinski definition) is 5. The average molecular weight is 393 g/mol. The molecule has 2 aromatic rings. The van der Waals surface area contributed by atoms with E-state index in [1.807, 2.05) is 43.3 Å². The van der Waals surface area contributed by atoms with Gasteiger partial charge in [0.25, 0.3) is 11.7 Å². The molecule has 1 atom stereocenters. The van der Waals surface area contributed by atoms with Gasteiger partial charge in [-0.2, -0.15) is 0 Å². The fraction of sp³-hybridized carbons (Fsp3) is 0.348. The fourth-order valence-corrected chi connectivity index (χ4v) is 3.62. The van der Waals surface area contributed by atoms with Gasteiger partial charge in [-0.3, -0.25) is 14.6 Å². The number of carbonyl (C=O) groups excluding carboxylic acids is 2. The van der Waals surface area contributed by atoms with Gasteiger partial charge in [-0.25, -0.2) is 0 Å². The minimum atomic E-state index is -0.645. The number of carbonyl (C=O) groups is 2. The van der Waals surface area contributed by atoms with E-state index >= 15 is 0 Å². The second-order valence-electron chi connectivity index (χ2n) is 7.48. The molecule has 1 fully saturated rings. The number of rotatable bonds is 7. The standard InChI is InChI=1S/C23H27N3O3/c1-4-16-6-8-17(9-7-16)20-19(21(27)18-10-12-24-13-11-18)22(28)23(29)26(20)15-5-14-25(2)3/h6-13,20,27H,4-5,14-15H2,1-3H3/b21-19+. The molecular weight excluding hydrogens is 366 g/mol. The maximum Gasteiger partial charge on any atom is 0.295 e. The average Bonchev–Trinajstić information content (AvgIpc) is 2.98. The molecule has 1 N–H and O–H groups in total. The first-order chi connectivity index (χ1) is 13.9. The lowest BCUT2D eigenvalue weighted by molar-refractivity contribution is -0.139. The Bertz CT molecular complexity index is 905. The zero-order valence-electron chi connectivity index (χ0n) is 17.1. The Labute approximate surface area is 171 Å². The van der Waals surface area contributed by atoms with Gasteiger partial charge in [-0.05, 0) is 56.7 Å². The number of hydrogen-bond donors (Lipinski definition) is 1. The first-order valence-corrected chi connectivity index (χ1v) is 9.86. The Morgan fingerprint density at radius 2 is 1.76 bits per heavy atom. The third-order valence-corrected chi connectivity index (χ3v) is 5.20. The second kappa shape index (κ2) is 9.01. The highest BCUT2D eigenvalue weighted by atomic mass is 16.3. The Morgan fingerprint density at radius 1 is 1.10 bits per heavy atom. The van der Waals surface area contributed by atoms with Crippen LogP contribution in [-0.2, 0) is 16.0 Å². The molecule has 1 aromatic carbocycles. The van der Waals surface area contributed by atoms with E-state index in [1.54, 1.807) is 29.4 Å². The summed E-state index contributed by atoms with van der Waals surface area (Å²) in [5, 5.41) is 10.9. The molecule has 152 valence electrons. The van der Waals surface area contributed by atoms with Crippen molar-refractivity contribution in [2.24, 2.45) is 0 Å². The largest absolute Gasteiger partial charge is 0.507 e. The monoisotopic (exact) mass is 393 g/mol. The molecular formula is C23H27N3O3. The summed E-state index contributed by atoms with van der Waals surface area (Å²) in [6.45, 7) is 3.32. The van der Waals surface area contributed by atoms with Gasteiger partial charge in [0.1, 0.15) is 5.76 Å². The van der Waals surface area contributed by atoms with Gasteiger partial charge in [0.2, 0.25) is 0 Å². The van der Waals surface area contributed by atoms with E-state index in [1.165, 1.54) is 5.56 Å². The van der Waals surface area contributed by atoms with Crippen LogP contribution in [0.2, 0.25) is 0 Å². The topological polar surface area (TPSA) is 73.7 Å². The summed E-state index contributed by atoms with van der Waals surface area (Å²) in [5.41, 5.74) is 2.60. The number of aromatic nitrogens is 1. The third-order valence-electron chi connectivity index (χ3n) is 5.20. The van der Waals surface area contributed by atoms with Crippen molar-refractivity contribution in [1.82, 2.24) is 14.8 Å². The van der Waals surface area contributed by atoms with Crippen LogP contribution in [0.4, 0.5) is 0 Å². The van der Waals surface area contributed by atoms with Gasteiger partial charge in [0, 0.05) is 24.5 Å². The van der Waals surface area contributed by atoms with Crippen LogP contribution in [0.15, 0.2) is 54.4 Å². The summed E-state index contributed by atoms with van der Waals surface area (Å²) in [7, 11) is 3.94. The maximum absolute atomic E-state index is 12.9. The van der Waals surface area contributed by atoms with Crippen molar-refractivity contribution in [3.63, 3.8) is 0 Å². The SMILES string of the molecule is CCc1ccc(C2/C(=C(\O)c3ccncc3)C(=O)C(=O)N2CCCN(C)C)cc1. The molecule has 29 heavy (non-hydrogen) atoms. The minimum Gasteiger partial charge on any atom is -0.507 e. The predicted molar refractivity (Wildman–Crippen MR) is 112 cm³/mol. The number of amides is 1. The lowest BCUT2D eigenvalue weighted by Crippen LogP contribution is -2.32. The van der Waals surface area contributed by atoms with Crippen molar-refractivity contribution in [1.29, 1.82) is 0 Å². The van der Waals surface area contributed by atoms with E-state index in [2.05, 4.69) is 11.9 Å². The highest BCUT2D eigenvalue weighted by molar-refractivity contribution is 6.46. The Kier molecular flexibility index (Phi) is 6.44. The number of Topliss-reactive ketones (excluding diaryl/α,β-unsaturated/α-hetero) is 1. The number of likely N-dealkylation sites (tertiary alicyclic amines) is 1. The summed E-state index contributed by atoms with van der Waals surface area (Å²) >= 11 is 0. The number of pyridine rings is 1. The number of nitrogens with zero attached hydrogens (tertiary/aromatic N) is 3. The summed E-state index contributed by atoms with van der Waals surface area (Å²) in [4.78, 5) is 33.3. The summed E-state index contributed by atoms with van der Waals surface area (Å²) < 4.78 is 0. The van der Waals surface area contributed by atoms with Crippen molar-refractivity contribution in [2.75, 3.05) is 27.2 Å². The van der Waals surface area contributed by atoms with Crippen LogP contribution in [0.3, 0.4) is 0 Å². The molecule has 0 saturated carbocycles. The first kappa shape index (κ1) is 20.7. The van der Waals surface area contributed by atoms with Crippen molar-refractivity contribution in [3.8, 4) is 0 Å². The molecule has 1 aliphatic heterocycles. The summed E-state index contributed by atoms with van der Waals surface area (Å²) in [6, 6.07) is 10.5. The molecule has 1 saturated heterocycles. The zero-order chi connectivity index (χ0) is 21.0. The number of ketones is 1. The van der Waals surface area contributed by atoms with E-state index in [4.69, 9.17) is 0 Å². The fourth-order valence-electron chi connectivity index (χ4n) is 3.62. The molecule has 0 radical (unpaired) electrons. The van der Waals surface area contributed by atoms with Crippen LogP contribution in [-0.4, -0.2) is 58.8 Å². The van der Waals surface area contributed by atoms with E-state index in [0.29, 0.717) is 12.1 Å².